The van der Waals surface area contributed by atoms with Gasteiger partial charge in [0.1, 0.15) is 183 Å². The Bertz CT molecular complexity index is 2440. The van der Waals surface area contributed by atoms with Crippen LogP contribution in [-0.2, 0) is 85.4 Å². The molecule has 8 fully saturated rings. The summed E-state index contributed by atoms with van der Waals surface area (Å²) in [5.41, 5.74) is 0. The molecular weight excluding hydrogens is 1300 g/mol. The number of carbonyl (C=O) groups excluding carboxylic acids is 3. The fourth-order valence-electron chi connectivity index (χ4n) is 12.3. The van der Waals surface area contributed by atoms with Crippen LogP contribution in [0.15, 0.2) is 0 Å². The van der Waals surface area contributed by atoms with E-state index in [1.165, 1.54) is 6.92 Å². The van der Waals surface area contributed by atoms with Crippen LogP contribution in [0.2, 0.25) is 0 Å². The fraction of sp³-hybridized carbons (Fsp3) is 0.943. The van der Waals surface area contributed by atoms with E-state index in [4.69, 9.17) is 71.1 Å². The highest BCUT2D eigenvalue weighted by Gasteiger charge is 2.61. The van der Waals surface area contributed by atoms with Crippen LogP contribution in [0.3, 0.4) is 0 Å². The van der Waals surface area contributed by atoms with Gasteiger partial charge in [-0.3, -0.25) is 14.4 Å². The third kappa shape index (κ3) is 17.0. The largest absolute Gasteiger partial charge is 0.394 e. The molecule has 0 aliphatic carbocycles. The van der Waals surface area contributed by atoms with E-state index in [0.29, 0.717) is 0 Å². The van der Waals surface area contributed by atoms with Gasteiger partial charge < -0.3 is 194 Å². The topological polar surface area (TPSA) is 651 Å². The number of ether oxygens (including phenoxy) is 15. The number of amides is 3. The maximum atomic E-state index is 13.3. The molecule has 0 aromatic rings. The SMILES string of the molecule is CC(=O)N[C@@H]1[C@@H](O)[C@H](O[C@@H]2O[C@H](CO)[C@@H](O[C@@H]3O[C@H](CO)[C@@H](O)[C@H](O[C@H]4O[C@H](CO)[C@@H](O)[C@H](O)[C@@H]4O[C@@H]4O[C@H](CO)[C@@H](O[C@@H]5O[C@H](CO)[C@H](O)[C@H](O)[C@H]5O)[C@H](O[C@@H]5O[C@@H](C)[C@@H](O)[C@@H](O)[C@@H]5O)[C@H]4NC(C)=O)[C@@H]3O[C@@H]3OC[C@@H](O)[C@H](O)[C@H]3O)[C@H](O)[C@H]2NC(C)=O)[C@@H](CO)O[C@H]1O. The fourth-order valence-corrected chi connectivity index (χ4v) is 12.3. The Labute approximate surface area is 538 Å². The second-order valence-electron chi connectivity index (χ2n) is 24.1. The maximum Gasteiger partial charge on any atom is 0.217 e. The Hall–Kier alpha value is -3.03. The van der Waals surface area contributed by atoms with Crippen LogP contribution in [-0.4, -0.2) is 411 Å². The Morgan fingerprint density at radius 2 is 0.684 bits per heavy atom. The molecule has 42 nitrogen and oxygen atoms in total. The van der Waals surface area contributed by atoms with E-state index < -0.39 is 303 Å². The second-order valence-corrected chi connectivity index (χ2v) is 24.1. The van der Waals surface area contributed by atoms with Gasteiger partial charge in [-0.1, -0.05) is 0 Å². The summed E-state index contributed by atoms with van der Waals surface area (Å²) in [4.78, 5) is 38.2. The molecule has 0 unspecified atom stereocenters. The van der Waals surface area contributed by atoms with Gasteiger partial charge in [0.25, 0.3) is 0 Å². The molecule has 24 N–H and O–H groups in total. The van der Waals surface area contributed by atoms with Crippen molar-refractivity contribution in [2.45, 2.75) is 267 Å². The first-order valence-electron chi connectivity index (χ1n) is 30.4. The molecule has 39 atom stereocenters. The summed E-state index contributed by atoms with van der Waals surface area (Å²) in [7, 11) is 0. The summed E-state index contributed by atoms with van der Waals surface area (Å²) in [6.07, 6.45) is -72.7. The second kappa shape index (κ2) is 33.6. The Morgan fingerprint density at radius 3 is 1.24 bits per heavy atom. The van der Waals surface area contributed by atoms with Crippen molar-refractivity contribution in [3.05, 3.63) is 0 Å². The van der Waals surface area contributed by atoms with Gasteiger partial charge in [-0.05, 0) is 6.92 Å². The predicted octanol–water partition coefficient (Wildman–Crippen LogP) is -16.4. The van der Waals surface area contributed by atoms with Gasteiger partial charge in [0, 0.05) is 20.8 Å². The molecule has 0 aromatic carbocycles. The Kier molecular flexibility index (Phi) is 27.5. The molecule has 3 amide bonds. The summed E-state index contributed by atoms with van der Waals surface area (Å²) in [6.45, 7) is -3.09. The average molecular weight is 1390 g/mol. The minimum atomic E-state index is -2.38. The quantitative estimate of drug-likeness (QED) is 0.0452. The van der Waals surface area contributed by atoms with Crippen molar-refractivity contribution in [1.29, 1.82) is 0 Å². The van der Waals surface area contributed by atoms with Crippen molar-refractivity contribution < 1.29 is 193 Å². The Morgan fingerprint density at radius 1 is 0.316 bits per heavy atom. The maximum absolute atomic E-state index is 13.3. The van der Waals surface area contributed by atoms with E-state index in [1.807, 2.05) is 0 Å². The minimum absolute atomic E-state index is 0.753. The number of aliphatic hydroxyl groups excluding tert-OH is 21. The summed E-state index contributed by atoms with van der Waals surface area (Å²) < 4.78 is 89.9. The molecule has 8 rings (SSSR count). The van der Waals surface area contributed by atoms with Gasteiger partial charge in [-0.2, -0.15) is 0 Å². The van der Waals surface area contributed by atoms with E-state index in [9.17, 15) is 122 Å². The first-order valence-corrected chi connectivity index (χ1v) is 30.4. The highest BCUT2D eigenvalue weighted by atomic mass is 16.8. The smallest absolute Gasteiger partial charge is 0.217 e. The van der Waals surface area contributed by atoms with Crippen molar-refractivity contribution in [3.63, 3.8) is 0 Å². The molecule has 0 saturated carbocycles. The van der Waals surface area contributed by atoms with Crippen LogP contribution in [0, 0.1) is 0 Å². The summed E-state index contributed by atoms with van der Waals surface area (Å²) in [6, 6.07) is -5.43. The van der Waals surface area contributed by atoms with Gasteiger partial charge in [-0.25, -0.2) is 0 Å². The molecule has 8 heterocycles. The van der Waals surface area contributed by atoms with Crippen LogP contribution in [0.4, 0.5) is 0 Å². The molecule has 0 spiro atoms. The van der Waals surface area contributed by atoms with Gasteiger partial charge >= 0.3 is 0 Å². The summed E-state index contributed by atoms with van der Waals surface area (Å²) in [5.74, 6) is -2.61. The zero-order chi connectivity index (χ0) is 69.9. The molecule has 0 bridgehead atoms. The van der Waals surface area contributed by atoms with Crippen molar-refractivity contribution >= 4 is 17.7 Å². The van der Waals surface area contributed by atoms with Crippen molar-refractivity contribution in [2.24, 2.45) is 0 Å². The lowest BCUT2D eigenvalue weighted by molar-refractivity contribution is -0.412. The van der Waals surface area contributed by atoms with E-state index in [1.54, 1.807) is 0 Å². The first-order chi connectivity index (χ1) is 44.9. The van der Waals surface area contributed by atoms with Gasteiger partial charge in [0.05, 0.1) is 52.4 Å². The van der Waals surface area contributed by atoms with Crippen molar-refractivity contribution in [2.75, 3.05) is 46.2 Å². The standard InChI is InChI=1S/C53H89N3O39/c1-12-26(67)33(74)37(78)50(82-12)92-42-25(56-15(4)65)48(88-22(10-62)41(42)91-51-38(79)34(75)28(69)17(5-57)84-51)94-44-35(76)29(70)18(6-58)85-52(44)93-43-30(71)19(7-59)86-53(45(43)95-49-36(77)27(68)16(66)11-81-49)90-40-21(9-61)87-47(24(32(40)73)55-14(3)64)89-39-20(8-60)83-46(80)23(31(39)72)54-13(2)63/h12,16-53,57-62,66-80H,5-11H2,1-4H3,(H,54,63)(H,55,64)(H,56,65)/t12-,16+,17+,18+,19+,20+,21+,22+,23+,24+,25+,26+,27-,28-,29+,30+,31+,32+,33+,34-,35-,36+,37-,38+,39+,40+,41+,42+,43-,44-,45-,46+,47-,48-,49-,50-,51-,52+,53-/m0/s1. The number of carbonyl (C=O) groups is 3. The molecule has 550 valence electrons. The summed E-state index contributed by atoms with van der Waals surface area (Å²) in [5, 5.41) is 238. The lowest BCUT2D eigenvalue weighted by Crippen LogP contribution is -2.72. The van der Waals surface area contributed by atoms with E-state index in [0.717, 1.165) is 20.8 Å². The van der Waals surface area contributed by atoms with Crippen LogP contribution in [0.1, 0.15) is 27.7 Å². The first kappa shape index (κ1) is 77.7. The van der Waals surface area contributed by atoms with E-state index in [-0.39, 0.29) is 0 Å². The van der Waals surface area contributed by atoms with Gasteiger partial charge in [0.15, 0.2) is 50.3 Å². The lowest BCUT2D eigenvalue weighted by Gasteiger charge is -2.52. The lowest BCUT2D eigenvalue weighted by atomic mass is 9.93. The molecule has 8 saturated heterocycles. The van der Waals surface area contributed by atoms with E-state index >= 15 is 0 Å². The predicted molar refractivity (Wildman–Crippen MR) is 292 cm³/mol. The highest BCUT2D eigenvalue weighted by molar-refractivity contribution is 5.74. The van der Waals surface area contributed by atoms with Crippen LogP contribution < -0.4 is 16.0 Å². The molecule has 0 aromatic heterocycles. The number of aliphatic hydroxyl groups is 21. The molecule has 0 radical (unpaired) electrons. The Balaban J connectivity index is 1.16. The molecule has 95 heavy (non-hydrogen) atoms. The minimum Gasteiger partial charge on any atom is -0.394 e. The molecule has 8 aliphatic heterocycles. The van der Waals surface area contributed by atoms with Crippen LogP contribution in [0.5, 0.6) is 0 Å². The molecular formula is C53H89N3O39. The van der Waals surface area contributed by atoms with Crippen LogP contribution in [0.25, 0.3) is 0 Å². The number of nitrogens with one attached hydrogen (secondary N) is 3. The van der Waals surface area contributed by atoms with Crippen molar-refractivity contribution in [3.8, 4) is 0 Å². The third-order valence-corrected chi connectivity index (χ3v) is 17.4. The van der Waals surface area contributed by atoms with Gasteiger partial charge in [-0.15, -0.1) is 0 Å². The summed E-state index contributed by atoms with van der Waals surface area (Å²) >= 11 is 0. The number of hydrogen-bond donors (Lipinski definition) is 24. The van der Waals surface area contributed by atoms with Gasteiger partial charge in [0.2, 0.25) is 17.7 Å². The van der Waals surface area contributed by atoms with Crippen molar-refractivity contribution in [1.82, 2.24) is 16.0 Å². The number of rotatable bonds is 23. The normalized spacial score (nSPS) is 49.9. The molecule has 42 heteroatoms. The number of hydrogen-bond acceptors (Lipinski definition) is 39. The zero-order valence-electron chi connectivity index (χ0n) is 51.2. The molecule has 8 aliphatic rings. The van der Waals surface area contributed by atoms with E-state index in [2.05, 4.69) is 16.0 Å². The zero-order valence-corrected chi connectivity index (χ0v) is 51.2. The highest BCUT2D eigenvalue weighted by Crippen LogP contribution is 2.40. The van der Waals surface area contributed by atoms with Crippen LogP contribution >= 0.6 is 0 Å². The third-order valence-electron chi connectivity index (χ3n) is 17.4. The monoisotopic (exact) mass is 1390 g/mol. The average Bonchev–Trinajstić information content (AvgIpc) is 0.766.